The quantitative estimate of drug-likeness (QED) is 0.0789. The summed E-state index contributed by atoms with van der Waals surface area (Å²) in [4.78, 5) is 0. The predicted octanol–water partition coefficient (Wildman–Crippen LogP) is 6.91. The van der Waals surface area contributed by atoms with Crippen LogP contribution in [0, 0.1) is 0 Å². The first-order valence-corrected chi connectivity index (χ1v) is 30.0. The van der Waals surface area contributed by atoms with E-state index in [1.807, 2.05) is 0 Å². The Morgan fingerprint density at radius 3 is 0.867 bits per heavy atom. The summed E-state index contributed by atoms with van der Waals surface area (Å²) < 4.78 is 69.5. The van der Waals surface area contributed by atoms with Crippen LogP contribution in [-0.2, 0) is 26.2 Å². The van der Waals surface area contributed by atoms with E-state index in [1.54, 1.807) is 21.3 Å². The van der Waals surface area contributed by atoms with E-state index < -0.39 is 46.7 Å². The molecule has 19 nitrogen and oxygen atoms in total. The van der Waals surface area contributed by atoms with Crippen molar-refractivity contribution in [2.45, 2.75) is 19.0 Å². The van der Waals surface area contributed by atoms with E-state index in [1.165, 1.54) is 11.1 Å². The van der Waals surface area contributed by atoms with Crippen molar-refractivity contribution in [1.82, 2.24) is 56.0 Å². The molecule has 0 bridgehead atoms. The second-order valence-electron chi connectivity index (χ2n) is 16.9. The molecule has 0 spiro atoms. The minimum Gasteiger partial charge on any atom is 0.0272 e. The Labute approximate surface area is 370 Å². The Balaban J connectivity index is 5.00. The molecule has 0 aliphatic rings. The molecule has 60 heavy (non-hydrogen) atoms. The van der Waals surface area contributed by atoms with Crippen molar-refractivity contribution in [2.24, 2.45) is 18.1 Å². The Kier molecular flexibility index (Phi) is 22.9. The molecule has 0 amide bonds. The first-order chi connectivity index (χ1) is 27.5. The standard InChI is InChI=1S/C35H89N16O3P5Si/c1-40(2)56(41(3)4,42(5)6)36-55(37-57(43(7)8,44(9)10)45(11)12,38-58(46(13)14,47(15)16)48(17)18)39-59(49(19)20,50(21)22)51(23)33-35-29-27-34(28-30-35)31-32-60(52-24,53-25)54-26/h27-30,55H,31-33H2,1-26H3. The van der Waals surface area contributed by atoms with Gasteiger partial charge in [-0.1, -0.05) is 0 Å². The van der Waals surface area contributed by atoms with Gasteiger partial charge in [0.15, 0.2) is 0 Å². The minimum absolute atomic E-state index is 0.630. The monoisotopic (exact) mass is 965 g/mol. The summed E-state index contributed by atoms with van der Waals surface area (Å²) in [5, 5.41) is 0. The van der Waals surface area contributed by atoms with E-state index >= 15 is 0 Å². The summed E-state index contributed by atoms with van der Waals surface area (Å²) in [6, 6.07) is 9.52. The molecule has 356 valence electrons. The van der Waals surface area contributed by atoms with Crippen LogP contribution in [0.4, 0.5) is 0 Å². The first kappa shape index (κ1) is 58.2. The molecule has 0 radical (unpaired) electrons. The third-order valence-electron chi connectivity index (χ3n) is 10.5. The molecule has 0 N–H and O–H groups in total. The molecule has 0 saturated heterocycles. The van der Waals surface area contributed by atoms with Crippen LogP contribution in [0.25, 0.3) is 0 Å². The van der Waals surface area contributed by atoms with E-state index in [0.29, 0.717) is 12.6 Å². The Morgan fingerprint density at radius 2 is 0.633 bits per heavy atom. The summed E-state index contributed by atoms with van der Waals surface area (Å²) in [7, 11) is 36.1. The van der Waals surface area contributed by atoms with Crippen LogP contribution in [-0.4, -0.2) is 248 Å². The fraction of sp³-hybridized carbons (Fsp3) is 0.829. The van der Waals surface area contributed by atoms with Gasteiger partial charge < -0.3 is 0 Å². The van der Waals surface area contributed by atoms with E-state index in [2.05, 4.69) is 242 Å². The van der Waals surface area contributed by atoms with Crippen molar-refractivity contribution in [3.8, 4) is 0 Å². The fourth-order valence-electron chi connectivity index (χ4n) is 8.11. The van der Waals surface area contributed by atoms with Crippen LogP contribution in [0.3, 0.4) is 0 Å². The zero-order chi connectivity index (χ0) is 47.0. The molecule has 1 rings (SSSR count). The zero-order valence-electron chi connectivity index (χ0n) is 42.6. The maximum absolute atomic E-state index is 6.37. The van der Waals surface area contributed by atoms with Gasteiger partial charge in [0.1, 0.15) is 0 Å². The van der Waals surface area contributed by atoms with Crippen LogP contribution in [0.1, 0.15) is 11.1 Å². The number of benzene rings is 1. The van der Waals surface area contributed by atoms with Gasteiger partial charge in [-0.2, -0.15) is 0 Å². The second-order valence-corrected chi connectivity index (χ2v) is 38.2. The molecule has 0 unspecified atom stereocenters. The molecular weight excluding hydrogens is 875 g/mol. The first-order valence-electron chi connectivity index (χ1n) is 19.9. The van der Waals surface area contributed by atoms with Crippen LogP contribution in [0.2, 0.25) is 6.04 Å². The molecule has 25 heteroatoms. The van der Waals surface area contributed by atoms with E-state index in [0.717, 1.165) is 6.42 Å². The molecule has 0 atom stereocenters. The fourth-order valence-corrected chi connectivity index (χ4v) is 35.9. The summed E-state index contributed by atoms with van der Waals surface area (Å²) in [5.74, 6) is 0. The molecule has 1 aromatic rings. The zero-order valence-corrected chi connectivity index (χ0v) is 48.2. The summed E-state index contributed by atoms with van der Waals surface area (Å²) in [5.41, 5.74) is 2.36. The van der Waals surface area contributed by atoms with Crippen molar-refractivity contribution in [3.63, 3.8) is 0 Å². The van der Waals surface area contributed by atoms with Gasteiger partial charge in [-0.25, -0.2) is 0 Å². The van der Waals surface area contributed by atoms with Crippen LogP contribution < -0.4 is 0 Å². The number of hydrogen-bond donors (Lipinski definition) is 0. The van der Waals surface area contributed by atoms with Crippen LogP contribution >= 0.6 is 37.9 Å². The molecule has 0 fully saturated rings. The second kappa shape index (κ2) is 23.6. The molecular formula is C35H89N16O3P5Si. The van der Waals surface area contributed by atoms with Crippen molar-refractivity contribution in [2.75, 3.05) is 183 Å². The van der Waals surface area contributed by atoms with Crippen LogP contribution in [0.15, 0.2) is 42.3 Å². The average Bonchev–Trinajstić information content (AvgIpc) is 3.13. The number of hydrogen-bond acceptors (Lipinski definition) is 7. The molecule has 0 aliphatic heterocycles. The maximum atomic E-state index is 6.37. The number of aryl methyl sites for hydroxylation is 1. The van der Waals surface area contributed by atoms with Gasteiger partial charge in [0.05, 0.1) is 0 Å². The topological polar surface area (TPSA) is 116 Å². The molecule has 0 saturated carbocycles. The van der Waals surface area contributed by atoms with Gasteiger partial charge in [0, 0.05) is 21.3 Å². The van der Waals surface area contributed by atoms with Gasteiger partial charge >= 0.3 is 351 Å². The van der Waals surface area contributed by atoms with E-state index in [-0.39, 0.29) is 0 Å². The molecule has 0 aliphatic carbocycles. The molecule has 1 aromatic carbocycles. The Bertz CT molecular complexity index is 1510. The van der Waals surface area contributed by atoms with Crippen molar-refractivity contribution in [3.05, 3.63) is 35.4 Å². The SMILES string of the molecule is CO[Si](CCc1ccc(CN(C)P(=N[PH](N=P(N(C)C)(N(C)C)N(C)C)(N=P(N(C)C)(N(C)C)N(C)C)N=P(N(C)C)(N(C)C)N(C)C)(N(C)C)N(C)C)cc1)(OC)OC. The van der Waals surface area contributed by atoms with Crippen LogP contribution in [0.5, 0.6) is 0 Å². The third-order valence-corrected chi connectivity index (χ3v) is 34.7. The van der Waals surface area contributed by atoms with Gasteiger partial charge in [-0.05, 0) is 0 Å². The molecule has 0 heterocycles. The normalized spacial score (nSPS) is 14.6. The van der Waals surface area contributed by atoms with Gasteiger partial charge in [0.25, 0.3) is 0 Å². The van der Waals surface area contributed by atoms with Gasteiger partial charge in [-0.3, -0.25) is 0 Å². The summed E-state index contributed by atoms with van der Waals surface area (Å²) >= 11 is 0. The van der Waals surface area contributed by atoms with Gasteiger partial charge in [0.2, 0.25) is 0 Å². The molecule has 0 aromatic heterocycles. The third kappa shape index (κ3) is 12.1. The number of nitrogens with zero attached hydrogens (tertiary/aromatic N) is 16. The van der Waals surface area contributed by atoms with Crippen molar-refractivity contribution < 1.29 is 13.3 Å². The summed E-state index contributed by atoms with van der Waals surface area (Å²) in [6.45, 7) is 0.630. The van der Waals surface area contributed by atoms with Crippen molar-refractivity contribution >= 4 is 46.7 Å². The number of rotatable bonds is 24. The summed E-state index contributed by atoms with van der Waals surface area (Å²) in [6.07, 6.45) is 0.787. The minimum atomic E-state index is -4.09. The van der Waals surface area contributed by atoms with E-state index in [4.69, 9.17) is 31.3 Å². The smallest absolute Gasteiger partial charge is 0.0272 e. The average molecular weight is 965 g/mol. The van der Waals surface area contributed by atoms with Crippen molar-refractivity contribution in [1.29, 1.82) is 0 Å². The Morgan fingerprint density at radius 1 is 0.400 bits per heavy atom. The van der Waals surface area contributed by atoms with Gasteiger partial charge in [-0.15, -0.1) is 0 Å². The Hall–Kier alpha value is 0.187. The predicted molar refractivity (Wildman–Crippen MR) is 269 cm³/mol. The van der Waals surface area contributed by atoms with E-state index in [9.17, 15) is 0 Å².